The van der Waals surface area contributed by atoms with E-state index in [0.29, 0.717) is 5.56 Å². The van der Waals surface area contributed by atoms with E-state index >= 15 is 0 Å². The number of hydrogen-bond donors (Lipinski definition) is 1. The Kier molecular flexibility index (Phi) is 6.79. The first-order valence-electron chi connectivity index (χ1n) is 6.27. The Hall–Kier alpha value is -2.66. The monoisotopic (exact) mass is 318 g/mol. The van der Waals surface area contributed by atoms with Crippen molar-refractivity contribution in [1.82, 2.24) is 10.3 Å². The highest BCUT2D eigenvalue weighted by atomic mass is 35.5. The molecular weight excluding hydrogens is 304 g/mol. The number of ether oxygens (including phenoxy) is 1. The summed E-state index contributed by atoms with van der Waals surface area (Å²) in [6, 6.07) is 12.1. The van der Waals surface area contributed by atoms with E-state index in [9.17, 15) is 9.59 Å². The molecule has 1 amide bonds. The second-order valence-corrected chi connectivity index (χ2v) is 4.15. The molecule has 2 rings (SSSR count). The lowest BCUT2D eigenvalue weighted by Crippen LogP contribution is -2.28. The lowest BCUT2D eigenvalue weighted by Gasteiger charge is -2.08. The van der Waals surface area contributed by atoms with Crippen LogP contribution < -0.4 is 5.32 Å². The highest BCUT2D eigenvalue weighted by Crippen LogP contribution is 2.07. The van der Waals surface area contributed by atoms with E-state index < -0.39 is 5.97 Å². The van der Waals surface area contributed by atoms with Crippen LogP contribution >= 0.6 is 12.4 Å². The minimum Gasteiger partial charge on any atom is -0.464 e. The van der Waals surface area contributed by atoms with Crippen molar-refractivity contribution in [1.29, 1.82) is 0 Å². The van der Waals surface area contributed by atoms with Gasteiger partial charge >= 0.3 is 5.97 Å². The van der Waals surface area contributed by atoms with E-state index in [1.807, 2.05) is 6.07 Å². The Labute approximate surface area is 134 Å². The van der Waals surface area contributed by atoms with Gasteiger partial charge in [-0.2, -0.15) is 0 Å². The zero-order valence-corrected chi connectivity index (χ0v) is 12.7. The normalized spacial score (nSPS) is 10.3. The van der Waals surface area contributed by atoms with Gasteiger partial charge in [-0.15, -0.1) is 12.4 Å². The average Bonchev–Trinajstić information content (AvgIpc) is 2.55. The number of carbonyl (C=O) groups excluding carboxylic acids is 2. The fourth-order valence-electron chi connectivity index (χ4n) is 1.67. The number of aromatic nitrogens is 1. The van der Waals surface area contributed by atoms with Crippen molar-refractivity contribution < 1.29 is 14.3 Å². The predicted molar refractivity (Wildman–Crippen MR) is 85.4 cm³/mol. The van der Waals surface area contributed by atoms with Crippen LogP contribution in [0.25, 0.3) is 6.08 Å². The van der Waals surface area contributed by atoms with E-state index in [-0.39, 0.29) is 24.0 Å². The minimum absolute atomic E-state index is 0. The summed E-state index contributed by atoms with van der Waals surface area (Å²) in [6.45, 7) is 0. The first kappa shape index (κ1) is 17.4. The summed E-state index contributed by atoms with van der Waals surface area (Å²) in [5, 5.41) is 2.56. The van der Waals surface area contributed by atoms with Gasteiger partial charge in [-0.3, -0.25) is 9.78 Å². The Bertz CT molecular complexity index is 658. The number of benzene rings is 1. The molecule has 1 aromatic carbocycles. The molecule has 5 nitrogen and oxygen atoms in total. The standard InChI is InChI=1S/C16H14N2O3.ClH/c1-21-16(20)14(11-12-7-9-17-10-8-12)18-15(19)13-5-3-2-4-6-13;/h2-11H,1H3,(H,18,19);1H. The molecule has 1 N–H and O–H groups in total. The number of pyridine rings is 1. The third-order valence-electron chi connectivity index (χ3n) is 2.71. The first-order valence-corrected chi connectivity index (χ1v) is 6.27. The third kappa shape index (κ3) is 4.71. The summed E-state index contributed by atoms with van der Waals surface area (Å²) >= 11 is 0. The summed E-state index contributed by atoms with van der Waals surface area (Å²) in [5.74, 6) is -0.989. The largest absolute Gasteiger partial charge is 0.464 e. The van der Waals surface area contributed by atoms with Gasteiger partial charge in [0.1, 0.15) is 5.70 Å². The van der Waals surface area contributed by atoms with E-state index in [0.717, 1.165) is 5.56 Å². The van der Waals surface area contributed by atoms with Crippen molar-refractivity contribution in [3.63, 3.8) is 0 Å². The SMILES string of the molecule is COC(=O)C(=Cc1ccncc1)NC(=O)c1ccccc1.Cl. The second-order valence-electron chi connectivity index (χ2n) is 4.15. The van der Waals surface area contributed by atoms with Gasteiger partial charge in [0.25, 0.3) is 5.91 Å². The number of rotatable bonds is 4. The van der Waals surface area contributed by atoms with Gasteiger partial charge in [0, 0.05) is 18.0 Å². The van der Waals surface area contributed by atoms with E-state index in [2.05, 4.69) is 15.0 Å². The number of nitrogens with zero attached hydrogens (tertiary/aromatic N) is 1. The molecule has 0 radical (unpaired) electrons. The molecule has 0 aliphatic carbocycles. The Balaban J connectivity index is 0.00000242. The van der Waals surface area contributed by atoms with Gasteiger partial charge in [-0.1, -0.05) is 18.2 Å². The molecule has 22 heavy (non-hydrogen) atoms. The Morgan fingerprint density at radius 1 is 1.09 bits per heavy atom. The Morgan fingerprint density at radius 2 is 1.73 bits per heavy atom. The van der Waals surface area contributed by atoms with Gasteiger partial charge in [0.2, 0.25) is 0 Å². The average molecular weight is 319 g/mol. The zero-order valence-electron chi connectivity index (χ0n) is 11.9. The lowest BCUT2D eigenvalue weighted by molar-refractivity contribution is -0.136. The van der Waals surface area contributed by atoms with Crippen molar-refractivity contribution in [2.24, 2.45) is 0 Å². The number of methoxy groups -OCH3 is 1. The van der Waals surface area contributed by atoms with Crippen LogP contribution in [0.4, 0.5) is 0 Å². The van der Waals surface area contributed by atoms with Crippen molar-refractivity contribution in [2.75, 3.05) is 7.11 Å². The van der Waals surface area contributed by atoms with Gasteiger partial charge < -0.3 is 10.1 Å². The van der Waals surface area contributed by atoms with Crippen LogP contribution in [0, 0.1) is 0 Å². The summed E-state index contributed by atoms with van der Waals surface area (Å²) < 4.78 is 4.68. The maximum atomic E-state index is 12.1. The molecule has 0 atom stereocenters. The van der Waals surface area contributed by atoms with Crippen LogP contribution in [0.5, 0.6) is 0 Å². The van der Waals surface area contributed by atoms with Crippen molar-refractivity contribution >= 4 is 30.4 Å². The lowest BCUT2D eigenvalue weighted by atomic mass is 10.2. The molecule has 0 saturated carbocycles. The molecule has 0 aliphatic heterocycles. The molecule has 114 valence electrons. The number of esters is 1. The van der Waals surface area contributed by atoms with Crippen molar-refractivity contribution in [3.8, 4) is 0 Å². The van der Waals surface area contributed by atoms with Crippen molar-refractivity contribution in [2.45, 2.75) is 0 Å². The van der Waals surface area contributed by atoms with Crippen molar-refractivity contribution in [3.05, 3.63) is 71.7 Å². The van der Waals surface area contributed by atoms with Crippen LogP contribution in [0.2, 0.25) is 0 Å². The summed E-state index contributed by atoms with van der Waals surface area (Å²) in [5.41, 5.74) is 1.26. The summed E-state index contributed by atoms with van der Waals surface area (Å²) in [4.78, 5) is 27.7. The smallest absolute Gasteiger partial charge is 0.354 e. The molecule has 2 aromatic rings. The van der Waals surface area contributed by atoms with Gasteiger partial charge in [0.15, 0.2) is 0 Å². The quantitative estimate of drug-likeness (QED) is 0.694. The molecular formula is C16H15ClN2O3. The Morgan fingerprint density at radius 3 is 2.32 bits per heavy atom. The first-order chi connectivity index (χ1) is 10.2. The molecule has 6 heteroatoms. The number of nitrogens with one attached hydrogen (secondary N) is 1. The number of hydrogen-bond acceptors (Lipinski definition) is 4. The molecule has 0 bridgehead atoms. The van der Waals surface area contributed by atoms with Gasteiger partial charge in [-0.05, 0) is 35.9 Å². The maximum absolute atomic E-state index is 12.1. The highest BCUT2D eigenvalue weighted by molar-refractivity contribution is 6.03. The molecule has 0 unspecified atom stereocenters. The third-order valence-corrected chi connectivity index (χ3v) is 2.71. The molecule has 1 aromatic heterocycles. The minimum atomic E-state index is -0.615. The van der Waals surface area contributed by atoms with E-state index in [1.165, 1.54) is 13.2 Å². The maximum Gasteiger partial charge on any atom is 0.354 e. The fourth-order valence-corrected chi connectivity index (χ4v) is 1.67. The van der Waals surface area contributed by atoms with Crippen LogP contribution in [-0.2, 0) is 9.53 Å². The molecule has 1 heterocycles. The molecule has 0 fully saturated rings. The van der Waals surface area contributed by atoms with Gasteiger partial charge in [-0.25, -0.2) is 4.79 Å². The number of amides is 1. The van der Waals surface area contributed by atoms with Gasteiger partial charge in [0.05, 0.1) is 7.11 Å². The predicted octanol–water partition coefficient (Wildman–Crippen LogP) is 2.45. The number of halogens is 1. The van der Waals surface area contributed by atoms with E-state index in [1.54, 1.807) is 48.8 Å². The van der Waals surface area contributed by atoms with Crippen LogP contribution in [0.1, 0.15) is 15.9 Å². The topological polar surface area (TPSA) is 68.3 Å². The van der Waals surface area contributed by atoms with Crippen LogP contribution in [0.15, 0.2) is 60.6 Å². The zero-order chi connectivity index (χ0) is 15.1. The summed E-state index contributed by atoms with van der Waals surface area (Å²) in [7, 11) is 1.26. The van der Waals surface area contributed by atoms with Crippen LogP contribution in [-0.4, -0.2) is 24.0 Å². The number of carbonyl (C=O) groups is 2. The molecule has 0 aliphatic rings. The molecule has 0 spiro atoms. The second kappa shape index (κ2) is 8.59. The molecule has 0 saturated heterocycles. The fraction of sp³-hybridized carbons (Fsp3) is 0.0625. The van der Waals surface area contributed by atoms with Crippen LogP contribution in [0.3, 0.4) is 0 Å². The highest BCUT2D eigenvalue weighted by Gasteiger charge is 2.14. The summed E-state index contributed by atoms with van der Waals surface area (Å²) in [6.07, 6.45) is 4.73. The van der Waals surface area contributed by atoms with E-state index in [4.69, 9.17) is 0 Å².